The Morgan fingerprint density at radius 1 is 1.20 bits per heavy atom. The van der Waals surface area contributed by atoms with E-state index in [4.69, 9.17) is 21.9 Å². The van der Waals surface area contributed by atoms with E-state index in [-0.39, 0.29) is 13.1 Å². The molecule has 0 fully saturated rings. The van der Waals surface area contributed by atoms with Crippen LogP contribution in [0.4, 0.5) is 11.4 Å². The van der Waals surface area contributed by atoms with Gasteiger partial charge in [-0.05, 0) is 18.6 Å². The lowest BCUT2D eigenvalue weighted by Gasteiger charge is -2.22. The van der Waals surface area contributed by atoms with Crippen LogP contribution < -0.4 is 26.8 Å². The first-order valence-corrected chi connectivity index (χ1v) is 6.28. The zero-order valence-electron chi connectivity index (χ0n) is 11.5. The molecule has 1 rings (SSSR count). The monoisotopic (exact) mass is 280 g/mol. The highest BCUT2D eigenvalue weighted by atomic mass is 16.5. The maximum Gasteiger partial charge on any atom is 0.236 e. The number of carbonyl (C=O) groups excluding carboxylic acids is 2. The molecule has 0 aliphatic rings. The Labute approximate surface area is 117 Å². The van der Waals surface area contributed by atoms with Crippen LogP contribution in [0.3, 0.4) is 0 Å². The van der Waals surface area contributed by atoms with Crippen LogP contribution in [-0.4, -0.2) is 31.5 Å². The van der Waals surface area contributed by atoms with Gasteiger partial charge >= 0.3 is 0 Å². The smallest absolute Gasteiger partial charge is 0.236 e. The summed E-state index contributed by atoms with van der Waals surface area (Å²) < 4.78 is 5.50. The predicted octanol–water partition coefficient (Wildman–Crippen LogP) is -0.165. The van der Waals surface area contributed by atoms with E-state index < -0.39 is 11.8 Å². The van der Waals surface area contributed by atoms with Crippen molar-refractivity contribution in [3.8, 4) is 5.75 Å². The molecule has 0 saturated heterocycles. The SMILES string of the molecule is CCCOc1cc(N(CC(N)=O)CC(N)=O)ccc1N. The van der Waals surface area contributed by atoms with Gasteiger partial charge in [-0.3, -0.25) is 9.59 Å². The molecule has 20 heavy (non-hydrogen) atoms. The molecular formula is C13H20N4O3. The first-order valence-electron chi connectivity index (χ1n) is 6.28. The van der Waals surface area contributed by atoms with Crippen LogP contribution in [0.1, 0.15) is 13.3 Å². The fourth-order valence-electron chi connectivity index (χ4n) is 1.67. The number of hydrogen-bond donors (Lipinski definition) is 3. The molecule has 0 radical (unpaired) electrons. The number of benzene rings is 1. The number of rotatable bonds is 8. The fourth-order valence-corrected chi connectivity index (χ4v) is 1.67. The Hall–Kier alpha value is -2.44. The molecule has 110 valence electrons. The summed E-state index contributed by atoms with van der Waals surface area (Å²) in [5, 5.41) is 0. The Morgan fingerprint density at radius 3 is 2.30 bits per heavy atom. The number of nitrogens with two attached hydrogens (primary N) is 3. The first-order chi connectivity index (χ1) is 9.43. The van der Waals surface area contributed by atoms with Crippen LogP contribution in [0.25, 0.3) is 0 Å². The third-order valence-corrected chi connectivity index (χ3v) is 2.52. The van der Waals surface area contributed by atoms with Gasteiger partial charge in [-0.15, -0.1) is 0 Å². The molecule has 0 aliphatic heterocycles. The molecule has 0 heterocycles. The Morgan fingerprint density at radius 2 is 1.80 bits per heavy atom. The normalized spacial score (nSPS) is 10.1. The van der Waals surface area contributed by atoms with Gasteiger partial charge in [0.25, 0.3) is 0 Å². The number of nitrogen functional groups attached to an aromatic ring is 1. The molecule has 0 spiro atoms. The Kier molecular flexibility index (Phi) is 5.64. The van der Waals surface area contributed by atoms with Crippen LogP contribution in [-0.2, 0) is 9.59 Å². The van der Waals surface area contributed by atoms with E-state index in [1.165, 1.54) is 4.90 Å². The topological polar surface area (TPSA) is 125 Å². The molecule has 7 heteroatoms. The standard InChI is InChI=1S/C13H20N4O3/c1-2-5-20-11-6-9(3-4-10(11)14)17(7-12(15)18)8-13(16)19/h3-4,6H,2,5,7-8,14H2,1H3,(H2,15,18)(H2,16,19). The summed E-state index contributed by atoms with van der Waals surface area (Å²) in [5.74, 6) is -0.610. The van der Waals surface area contributed by atoms with E-state index >= 15 is 0 Å². The number of ether oxygens (including phenoxy) is 1. The molecule has 7 nitrogen and oxygen atoms in total. The van der Waals surface area contributed by atoms with Gasteiger partial charge in [0.05, 0.1) is 25.4 Å². The zero-order valence-corrected chi connectivity index (χ0v) is 11.5. The van der Waals surface area contributed by atoms with Gasteiger partial charge in [-0.25, -0.2) is 0 Å². The van der Waals surface area contributed by atoms with Crippen molar-refractivity contribution < 1.29 is 14.3 Å². The van der Waals surface area contributed by atoms with Crippen LogP contribution in [0.2, 0.25) is 0 Å². The zero-order chi connectivity index (χ0) is 15.1. The molecule has 0 bridgehead atoms. The lowest BCUT2D eigenvalue weighted by molar-refractivity contribution is -0.117. The first kappa shape index (κ1) is 15.6. The van der Waals surface area contributed by atoms with Gasteiger partial charge in [0, 0.05) is 11.8 Å². The highest BCUT2D eigenvalue weighted by Gasteiger charge is 2.14. The number of primary amides is 2. The summed E-state index contributed by atoms with van der Waals surface area (Å²) in [7, 11) is 0. The maximum absolute atomic E-state index is 11.1. The summed E-state index contributed by atoms with van der Waals surface area (Å²) in [6, 6.07) is 4.99. The second kappa shape index (κ2) is 7.22. The molecule has 2 amide bonds. The summed E-state index contributed by atoms with van der Waals surface area (Å²) in [4.78, 5) is 23.6. The van der Waals surface area contributed by atoms with E-state index in [0.717, 1.165) is 6.42 Å². The van der Waals surface area contributed by atoms with E-state index in [0.29, 0.717) is 23.7 Å². The second-order valence-corrected chi connectivity index (χ2v) is 4.36. The van der Waals surface area contributed by atoms with E-state index in [2.05, 4.69) is 0 Å². The minimum absolute atomic E-state index is 0.111. The van der Waals surface area contributed by atoms with Crippen molar-refractivity contribution in [1.82, 2.24) is 0 Å². The molecule has 6 N–H and O–H groups in total. The van der Waals surface area contributed by atoms with E-state index in [9.17, 15) is 9.59 Å². The molecule has 0 aliphatic carbocycles. The molecule has 0 atom stereocenters. The number of nitrogens with zero attached hydrogens (tertiary/aromatic N) is 1. The van der Waals surface area contributed by atoms with Crippen LogP contribution in [0.15, 0.2) is 18.2 Å². The van der Waals surface area contributed by atoms with Crippen molar-refractivity contribution >= 4 is 23.2 Å². The highest BCUT2D eigenvalue weighted by Crippen LogP contribution is 2.27. The minimum Gasteiger partial charge on any atom is -0.491 e. The number of anilines is 2. The lowest BCUT2D eigenvalue weighted by Crippen LogP contribution is -2.39. The molecule has 0 unspecified atom stereocenters. The predicted molar refractivity (Wildman–Crippen MR) is 77.2 cm³/mol. The number of carbonyl (C=O) groups is 2. The van der Waals surface area contributed by atoms with Crippen molar-refractivity contribution in [1.29, 1.82) is 0 Å². The van der Waals surface area contributed by atoms with E-state index in [1.54, 1.807) is 18.2 Å². The fraction of sp³-hybridized carbons (Fsp3) is 0.385. The Bertz CT molecular complexity index is 475. The van der Waals surface area contributed by atoms with Gasteiger partial charge in [0.1, 0.15) is 5.75 Å². The van der Waals surface area contributed by atoms with Crippen LogP contribution in [0.5, 0.6) is 5.75 Å². The largest absolute Gasteiger partial charge is 0.491 e. The summed E-state index contributed by atoms with van der Waals surface area (Å²) in [5.41, 5.74) is 17.2. The van der Waals surface area contributed by atoms with Gasteiger partial charge < -0.3 is 26.8 Å². The molecule has 0 aromatic heterocycles. The van der Waals surface area contributed by atoms with Crippen LogP contribution >= 0.6 is 0 Å². The maximum atomic E-state index is 11.1. The Balaban J connectivity index is 2.99. The second-order valence-electron chi connectivity index (χ2n) is 4.36. The summed E-state index contributed by atoms with van der Waals surface area (Å²) in [6.45, 7) is 2.28. The van der Waals surface area contributed by atoms with Gasteiger partial charge in [0.15, 0.2) is 0 Å². The van der Waals surface area contributed by atoms with Crippen LogP contribution in [0, 0.1) is 0 Å². The average molecular weight is 280 g/mol. The highest BCUT2D eigenvalue weighted by molar-refractivity contribution is 5.85. The third kappa shape index (κ3) is 4.68. The molecule has 1 aromatic rings. The third-order valence-electron chi connectivity index (χ3n) is 2.52. The molecule has 1 aromatic carbocycles. The number of hydrogen-bond acceptors (Lipinski definition) is 5. The minimum atomic E-state index is -0.556. The van der Waals surface area contributed by atoms with Crippen molar-refractivity contribution in [3.63, 3.8) is 0 Å². The number of amides is 2. The van der Waals surface area contributed by atoms with Crippen molar-refractivity contribution in [2.24, 2.45) is 11.5 Å². The molecule has 0 saturated carbocycles. The van der Waals surface area contributed by atoms with E-state index in [1.807, 2.05) is 6.92 Å². The average Bonchev–Trinajstić information content (AvgIpc) is 2.36. The van der Waals surface area contributed by atoms with Crippen molar-refractivity contribution in [2.45, 2.75) is 13.3 Å². The molecular weight excluding hydrogens is 260 g/mol. The quantitative estimate of drug-likeness (QED) is 0.570. The van der Waals surface area contributed by atoms with Crippen molar-refractivity contribution in [3.05, 3.63) is 18.2 Å². The van der Waals surface area contributed by atoms with Gasteiger partial charge in [-0.2, -0.15) is 0 Å². The van der Waals surface area contributed by atoms with Gasteiger partial charge in [0.2, 0.25) is 11.8 Å². The van der Waals surface area contributed by atoms with Gasteiger partial charge in [-0.1, -0.05) is 6.92 Å². The van der Waals surface area contributed by atoms with Crippen molar-refractivity contribution in [2.75, 3.05) is 30.3 Å². The summed E-state index contributed by atoms with van der Waals surface area (Å²) in [6.07, 6.45) is 0.843. The lowest BCUT2D eigenvalue weighted by atomic mass is 10.2. The summed E-state index contributed by atoms with van der Waals surface area (Å²) >= 11 is 0.